The van der Waals surface area contributed by atoms with E-state index in [-0.39, 0.29) is 0 Å². The van der Waals surface area contributed by atoms with Crippen LogP contribution in [0.2, 0.25) is 0 Å². The number of pyridine rings is 2. The largest absolute Gasteiger partial charge is 0.298 e. The van der Waals surface area contributed by atoms with E-state index in [0.717, 1.165) is 39.6 Å². The van der Waals surface area contributed by atoms with Crippen molar-refractivity contribution in [3.8, 4) is 23.1 Å². The second-order valence-electron chi connectivity index (χ2n) is 6.30. The van der Waals surface area contributed by atoms with E-state index in [1.165, 1.54) is 5.56 Å². The summed E-state index contributed by atoms with van der Waals surface area (Å²) in [6.45, 7) is 2.06. The van der Waals surface area contributed by atoms with Crippen molar-refractivity contribution in [1.82, 2.24) is 9.97 Å². The van der Waals surface area contributed by atoms with Crippen LogP contribution in [0.25, 0.3) is 22.2 Å². The highest BCUT2D eigenvalue weighted by Gasteiger charge is 2.07. The van der Waals surface area contributed by atoms with E-state index in [4.69, 9.17) is 0 Å². The summed E-state index contributed by atoms with van der Waals surface area (Å²) in [5.74, 6) is 6.35. The summed E-state index contributed by atoms with van der Waals surface area (Å²) in [6.07, 6.45) is 4.19. The molecule has 3 nitrogen and oxygen atoms in total. The molecule has 0 aliphatic heterocycles. The molecule has 0 fully saturated rings. The van der Waals surface area contributed by atoms with Crippen LogP contribution in [-0.2, 0) is 0 Å². The van der Waals surface area contributed by atoms with Crippen molar-refractivity contribution in [2.45, 2.75) is 6.92 Å². The normalized spacial score (nSPS) is 10.3. The molecule has 0 N–H and O–H groups in total. The predicted octanol–water partition coefficient (Wildman–Crippen LogP) is 4.82. The number of benzene rings is 2. The van der Waals surface area contributed by atoms with Crippen LogP contribution in [0.4, 0.5) is 0 Å². The highest BCUT2D eigenvalue weighted by molar-refractivity contribution is 5.97. The number of fused-ring (bicyclic) bond motifs is 1. The molecule has 4 rings (SSSR count). The summed E-state index contributed by atoms with van der Waals surface area (Å²) in [7, 11) is 0. The molecule has 2 aromatic carbocycles. The third-order valence-corrected chi connectivity index (χ3v) is 4.35. The summed E-state index contributed by atoms with van der Waals surface area (Å²) in [6, 6.07) is 19.6. The Bertz CT molecular complexity index is 1180. The molecule has 0 amide bonds. The van der Waals surface area contributed by atoms with Gasteiger partial charge in [0, 0.05) is 40.0 Å². The second-order valence-corrected chi connectivity index (χ2v) is 6.30. The van der Waals surface area contributed by atoms with Crippen molar-refractivity contribution >= 4 is 17.2 Å². The molecule has 3 heteroatoms. The average Bonchev–Trinajstić information content (AvgIpc) is 2.73. The fourth-order valence-electron chi connectivity index (χ4n) is 2.85. The molecule has 0 saturated carbocycles. The molecular weight excluding hydrogens is 332 g/mol. The molecule has 0 atom stereocenters. The number of rotatable bonds is 2. The number of nitrogens with zero attached hydrogens (tertiary/aromatic N) is 2. The molecule has 0 saturated heterocycles. The van der Waals surface area contributed by atoms with E-state index in [9.17, 15) is 4.79 Å². The third-order valence-electron chi connectivity index (χ3n) is 4.35. The van der Waals surface area contributed by atoms with Crippen molar-refractivity contribution in [1.29, 1.82) is 0 Å². The van der Waals surface area contributed by atoms with Gasteiger partial charge < -0.3 is 0 Å². The minimum absolute atomic E-state index is 0.589. The Labute approximate surface area is 157 Å². The molecule has 0 unspecified atom stereocenters. The summed E-state index contributed by atoms with van der Waals surface area (Å²) in [5, 5.41) is 0.761. The number of aromatic nitrogens is 2. The second kappa shape index (κ2) is 7.23. The molecule has 0 bridgehead atoms. The van der Waals surface area contributed by atoms with Crippen LogP contribution in [0, 0.1) is 18.8 Å². The Morgan fingerprint density at radius 1 is 0.889 bits per heavy atom. The van der Waals surface area contributed by atoms with Crippen LogP contribution in [0.3, 0.4) is 0 Å². The first-order valence-electron chi connectivity index (χ1n) is 8.62. The lowest BCUT2D eigenvalue weighted by atomic mass is 10.0. The average molecular weight is 348 g/mol. The van der Waals surface area contributed by atoms with E-state index < -0.39 is 0 Å². The molecule has 128 valence electrons. The quantitative estimate of drug-likeness (QED) is 0.385. The Morgan fingerprint density at radius 3 is 2.22 bits per heavy atom. The highest BCUT2D eigenvalue weighted by atomic mass is 16.1. The number of aldehydes is 1. The maximum Gasteiger partial charge on any atom is 0.150 e. The molecule has 0 aliphatic carbocycles. The Kier molecular flexibility index (Phi) is 4.47. The maximum absolute atomic E-state index is 11.4. The van der Waals surface area contributed by atoms with Crippen LogP contribution in [0.5, 0.6) is 0 Å². The van der Waals surface area contributed by atoms with Crippen molar-refractivity contribution in [2.75, 3.05) is 0 Å². The lowest BCUT2D eigenvalue weighted by molar-refractivity contribution is 0.112. The fourth-order valence-corrected chi connectivity index (χ4v) is 2.85. The van der Waals surface area contributed by atoms with E-state index in [1.54, 1.807) is 18.5 Å². The minimum Gasteiger partial charge on any atom is -0.298 e. The van der Waals surface area contributed by atoms with Crippen LogP contribution in [-0.4, -0.2) is 16.3 Å². The summed E-state index contributed by atoms with van der Waals surface area (Å²) in [4.78, 5) is 20.1. The number of carbonyl (C=O) groups excluding carboxylic acids is 1. The molecule has 2 aromatic heterocycles. The Balaban J connectivity index is 1.66. The van der Waals surface area contributed by atoms with Gasteiger partial charge in [-0.2, -0.15) is 0 Å². The van der Waals surface area contributed by atoms with Gasteiger partial charge in [-0.1, -0.05) is 41.7 Å². The zero-order valence-electron chi connectivity index (χ0n) is 14.8. The van der Waals surface area contributed by atoms with Gasteiger partial charge >= 0.3 is 0 Å². The fraction of sp³-hybridized carbons (Fsp3) is 0.0417. The molecule has 4 aromatic rings. The molecule has 0 spiro atoms. The van der Waals surface area contributed by atoms with Gasteiger partial charge in [0.2, 0.25) is 0 Å². The van der Waals surface area contributed by atoms with Gasteiger partial charge in [0.15, 0.2) is 6.29 Å². The van der Waals surface area contributed by atoms with E-state index >= 15 is 0 Å². The van der Waals surface area contributed by atoms with Crippen LogP contribution in [0.15, 0.2) is 73.1 Å². The van der Waals surface area contributed by atoms with Crippen molar-refractivity contribution in [3.63, 3.8) is 0 Å². The minimum atomic E-state index is 0.589. The number of aryl methyl sites for hydroxylation is 1. The van der Waals surface area contributed by atoms with E-state index in [1.807, 2.05) is 42.5 Å². The van der Waals surface area contributed by atoms with Crippen LogP contribution >= 0.6 is 0 Å². The van der Waals surface area contributed by atoms with Gasteiger partial charge in [-0.3, -0.25) is 9.78 Å². The van der Waals surface area contributed by atoms with Gasteiger partial charge in [-0.05, 0) is 43.3 Å². The smallest absolute Gasteiger partial charge is 0.150 e. The lowest BCUT2D eigenvalue weighted by Gasteiger charge is -2.06. The molecule has 0 aliphatic rings. The van der Waals surface area contributed by atoms with E-state index in [2.05, 4.69) is 40.9 Å². The van der Waals surface area contributed by atoms with Gasteiger partial charge in [0.1, 0.15) is 0 Å². The van der Waals surface area contributed by atoms with Crippen molar-refractivity contribution < 1.29 is 4.79 Å². The number of hydrogen-bond donors (Lipinski definition) is 0. The van der Waals surface area contributed by atoms with Crippen molar-refractivity contribution in [3.05, 3.63) is 95.3 Å². The Morgan fingerprint density at radius 2 is 1.56 bits per heavy atom. The van der Waals surface area contributed by atoms with Gasteiger partial charge in [-0.25, -0.2) is 4.98 Å². The molecule has 2 heterocycles. The van der Waals surface area contributed by atoms with E-state index in [0.29, 0.717) is 5.56 Å². The van der Waals surface area contributed by atoms with Gasteiger partial charge in [-0.15, -0.1) is 0 Å². The molecule has 27 heavy (non-hydrogen) atoms. The first-order chi connectivity index (χ1) is 13.2. The molecular formula is C24H16N2O. The zero-order valence-corrected chi connectivity index (χ0v) is 14.8. The molecule has 0 radical (unpaired) electrons. The summed E-state index contributed by atoms with van der Waals surface area (Å²) < 4.78 is 0. The Hall–Kier alpha value is -3.77. The topological polar surface area (TPSA) is 42.9 Å². The monoisotopic (exact) mass is 348 g/mol. The third kappa shape index (κ3) is 3.61. The van der Waals surface area contributed by atoms with Crippen LogP contribution in [0.1, 0.15) is 27.0 Å². The predicted molar refractivity (Wildman–Crippen MR) is 108 cm³/mol. The highest BCUT2D eigenvalue weighted by Crippen LogP contribution is 2.23. The first kappa shape index (κ1) is 16.7. The van der Waals surface area contributed by atoms with Gasteiger partial charge in [0.05, 0.1) is 11.2 Å². The number of hydrogen-bond acceptors (Lipinski definition) is 3. The zero-order chi connectivity index (χ0) is 18.6. The number of carbonyl (C=O) groups is 1. The lowest BCUT2D eigenvalue weighted by Crippen LogP contribution is -1.92. The maximum atomic E-state index is 11.4. The van der Waals surface area contributed by atoms with Crippen molar-refractivity contribution in [2.24, 2.45) is 0 Å². The standard InChI is InChI=1S/C24H16N2O/c1-17-2-4-18(5-3-17)6-7-19-8-10-20(11-9-19)24-14-21(16-27)22-15-25-13-12-23(22)26-24/h2-5,8-16H,1H3. The summed E-state index contributed by atoms with van der Waals surface area (Å²) in [5.41, 5.74) is 6.19. The first-order valence-corrected chi connectivity index (χ1v) is 8.62. The van der Waals surface area contributed by atoms with Gasteiger partial charge in [0.25, 0.3) is 0 Å². The summed E-state index contributed by atoms with van der Waals surface area (Å²) >= 11 is 0. The SMILES string of the molecule is Cc1ccc(C#Cc2ccc(-c3cc(C=O)c4cnccc4n3)cc2)cc1. The van der Waals surface area contributed by atoms with Crippen LogP contribution < -0.4 is 0 Å².